The number of aromatic nitrogens is 1. The van der Waals surface area contributed by atoms with Crippen molar-refractivity contribution in [3.05, 3.63) is 60.3 Å². The van der Waals surface area contributed by atoms with Crippen LogP contribution in [0.25, 0.3) is 10.4 Å². The van der Waals surface area contributed by atoms with Crippen molar-refractivity contribution in [3.63, 3.8) is 0 Å². The molecule has 1 saturated heterocycles. The van der Waals surface area contributed by atoms with Crippen molar-refractivity contribution in [2.45, 2.75) is 31.6 Å². The van der Waals surface area contributed by atoms with Crippen molar-refractivity contribution in [2.75, 3.05) is 36.6 Å². The van der Waals surface area contributed by atoms with Crippen molar-refractivity contribution in [2.24, 2.45) is 5.92 Å². The third-order valence-corrected chi connectivity index (χ3v) is 9.65. The van der Waals surface area contributed by atoms with E-state index in [9.17, 15) is 13.2 Å². The number of methoxy groups -OCH3 is 1. The van der Waals surface area contributed by atoms with Gasteiger partial charge in [0.1, 0.15) is 5.75 Å². The van der Waals surface area contributed by atoms with E-state index in [0.29, 0.717) is 24.0 Å². The van der Waals surface area contributed by atoms with Gasteiger partial charge in [-0.15, -0.1) is 0 Å². The zero-order valence-corrected chi connectivity index (χ0v) is 21.9. The molecule has 36 heavy (non-hydrogen) atoms. The number of nitrogens with zero attached hydrogens (tertiary/aromatic N) is 2. The highest BCUT2D eigenvalue weighted by Crippen LogP contribution is 2.46. The first-order valence-electron chi connectivity index (χ1n) is 12.3. The highest BCUT2D eigenvalue weighted by molar-refractivity contribution is 7.91. The minimum absolute atomic E-state index is 0.0300. The summed E-state index contributed by atoms with van der Waals surface area (Å²) in [5, 5.41) is 0.547. The Bertz CT molecular complexity index is 1290. The Morgan fingerprint density at radius 1 is 1.00 bits per heavy atom. The summed E-state index contributed by atoms with van der Waals surface area (Å²) in [6, 6.07) is 17.7. The number of para-hydroxylation sites is 1. The van der Waals surface area contributed by atoms with Crippen LogP contribution in [0.5, 0.6) is 10.9 Å². The van der Waals surface area contributed by atoms with Gasteiger partial charge in [-0.2, -0.15) is 0 Å². The quantitative estimate of drug-likeness (QED) is 0.404. The molecule has 190 valence electrons. The number of benzene rings is 2. The molecule has 5 rings (SSSR count). The number of anilines is 1. The second-order valence-corrected chi connectivity index (χ2v) is 12.6. The van der Waals surface area contributed by atoms with Gasteiger partial charge in [-0.05, 0) is 42.7 Å². The average Bonchev–Trinajstić information content (AvgIpc) is 3.32. The first-order chi connectivity index (χ1) is 17.4. The summed E-state index contributed by atoms with van der Waals surface area (Å²) in [5.41, 5.74) is 2.90. The van der Waals surface area contributed by atoms with Crippen LogP contribution in [0, 0.1) is 5.92 Å². The molecule has 1 saturated carbocycles. The van der Waals surface area contributed by atoms with E-state index < -0.39 is 9.84 Å². The lowest BCUT2D eigenvalue weighted by atomic mass is 9.77. The molecule has 2 aromatic carbocycles. The second kappa shape index (κ2) is 10.6. The Morgan fingerprint density at radius 2 is 1.69 bits per heavy atom. The van der Waals surface area contributed by atoms with Gasteiger partial charge in [-0.25, -0.2) is 13.4 Å². The van der Waals surface area contributed by atoms with Gasteiger partial charge < -0.3 is 14.4 Å². The largest absolute Gasteiger partial charge is 0.469 e. The third kappa shape index (κ3) is 5.42. The molecule has 7 nitrogen and oxygen atoms in total. The van der Waals surface area contributed by atoms with Crippen LogP contribution in [0.3, 0.4) is 0 Å². The zero-order chi connectivity index (χ0) is 25.1. The number of esters is 1. The van der Waals surface area contributed by atoms with E-state index in [1.165, 1.54) is 18.4 Å². The van der Waals surface area contributed by atoms with E-state index in [2.05, 4.69) is 17.0 Å². The number of hydrogen-bond acceptors (Lipinski definition) is 8. The number of sulfone groups is 1. The Kier molecular flexibility index (Phi) is 7.29. The van der Waals surface area contributed by atoms with Crippen LogP contribution in [0.15, 0.2) is 54.6 Å². The molecule has 3 aromatic rings. The highest BCUT2D eigenvalue weighted by atomic mass is 32.2. The number of rotatable bonds is 6. The number of thiazole rings is 1. The molecular formula is C27H30N2O5S2. The van der Waals surface area contributed by atoms with Crippen LogP contribution >= 0.6 is 11.3 Å². The Hall–Kier alpha value is -2.91. The Balaban J connectivity index is 1.47. The zero-order valence-electron chi connectivity index (χ0n) is 20.3. The van der Waals surface area contributed by atoms with Crippen molar-refractivity contribution in [1.29, 1.82) is 0 Å². The van der Waals surface area contributed by atoms with Gasteiger partial charge in [0, 0.05) is 24.7 Å². The monoisotopic (exact) mass is 526 g/mol. The molecule has 0 spiro atoms. The molecule has 0 unspecified atom stereocenters. The summed E-state index contributed by atoms with van der Waals surface area (Å²) in [5.74, 6) is 0.656. The molecule has 2 aliphatic rings. The van der Waals surface area contributed by atoms with Crippen LogP contribution in [-0.2, 0) is 19.4 Å². The summed E-state index contributed by atoms with van der Waals surface area (Å²) >= 11 is 1.49. The van der Waals surface area contributed by atoms with Crippen LogP contribution in [-0.4, -0.2) is 51.1 Å². The van der Waals surface area contributed by atoms with Crippen LogP contribution in [0.4, 0.5) is 5.69 Å². The smallest absolute Gasteiger partial charge is 0.309 e. The molecule has 0 N–H and O–H groups in total. The molecule has 1 aromatic heterocycles. The highest BCUT2D eigenvalue weighted by Gasteiger charge is 2.36. The lowest BCUT2D eigenvalue weighted by Gasteiger charge is -2.29. The molecule has 1 aliphatic carbocycles. The lowest BCUT2D eigenvalue weighted by Crippen LogP contribution is -2.40. The first-order valence-corrected chi connectivity index (χ1v) is 14.9. The standard InChI is InChI=1S/C27H30N2O5S2/c1-33-26(30)23-10-6-5-9-22(23)24-25(35-27(28-24)34-21-7-3-2-4-8-21)19-11-13-20(14-12-19)29-15-17-36(31,32)18-16-29/h2-4,7-8,11-14,22-23H,5-6,9-10,15-18H2,1H3/t22-,23-/m1/s1. The fourth-order valence-electron chi connectivity index (χ4n) is 5.09. The van der Waals surface area contributed by atoms with Crippen LogP contribution < -0.4 is 9.64 Å². The van der Waals surface area contributed by atoms with Gasteiger partial charge in [0.05, 0.1) is 35.1 Å². The molecule has 0 bridgehead atoms. The van der Waals surface area contributed by atoms with E-state index in [-0.39, 0.29) is 29.3 Å². The number of carbonyl (C=O) groups is 1. The van der Waals surface area contributed by atoms with Crippen molar-refractivity contribution >= 4 is 32.8 Å². The molecular weight excluding hydrogens is 496 g/mol. The maximum absolute atomic E-state index is 12.6. The lowest BCUT2D eigenvalue weighted by molar-refractivity contribution is -0.147. The van der Waals surface area contributed by atoms with Gasteiger partial charge in [-0.3, -0.25) is 4.79 Å². The summed E-state index contributed by atoms with van der Waals surface area (Å²) in [4.78, 5) is 20.7. The molecule has 2 atom stereocenters. The van der Waals surface area contributed by atoms with Crippen molar-refractivity contribution in [1.82, 2.24) is 4.98 Å². The van der Waals surface area contributed by atoms with E-state index in [1.807, 2.05) is 42.5 Å². The molecule has 0 amide bonds. The molecule has 2 fully saturated rings. The summed E-state index contributed by atoms with van der Waals surface area (Å²) in [7, 11) is -1.48. The topological polar surface area (TPSA) is 85.8 Å². The fraction of sp³-hybridized carbons (Fsp3) is 0.407. The first kappa shape index (κ1) is 24.8. The van der Waals surface area contributed by atoms with E-state index in [4.69, 9.17) is 14.5 Å². The minimum Gasteiger partial charge on any atom is -0.469 e. The maximum atomic E-state index is 12.6. The Labute approximate surface area is 216 Å². The fourth-order valence-corrected chi connectivity index (χ4v) is 7.30. The van der Waals surface area contributed by atoms with E-state index >= 15 is 0 Å². The van der Waals surface area contributed by atoms with Gasteiger partial charge >= 0.3 is 5.97 Å². The SMILES string of the molecule is COC(=O)[C@@H]1CCCC[C@H]1c1nc(Oc2ccccc2)sc1-c1ccc(N2CCS(=O)(=O)CC2)cc1. The molecule has 0 radical (unpaired) electrons. The predicted octanol–water partition coefficient (Wildman–Crippen LogP) is 5.28. The van der Waals surface area contributed by atoms with Crippen molar-refractivity contribution in [3.8, 4) is 21.4 Å². The summed E-state index contributed by atoms with van der Waals surface area (Å²) in [6.45, 7) is 1.01. The van der Waals surface area contributed by atoms with Crippen LogP contribution in [0.1, 0.15) is 37.3 Å². The Morgan fingerprint density at radius 3 is 2.39 bits per heavy atom. The molecule has 1 aliphatic heterocycles. The number of hydrogen-bond donors (Lipinski definition) is 0. The van der Waals surface area contributed by atoms with Crippen molar-refractivity contribution < 1.29 is 22.7 Å². The van der Waals surface area contributed by atoms with Gasteiger partial charge in [-0.1, -0.05) is 54.5 Å². The summed E-state index contributed by atoms with van der Waals surface area (Å²) in [6.07, 6.45) is 3.71. The van der Waals surface area contributed by atoms with Gasteiger partial charge in [0.2, 0.25) is 0 Å². The average molecular weight is 527 g/mol. The second-order valence-electron chi connectivity index (χ2n) is 9.32. The van der Waals surface area contributed by atoms with Gasteiger partial charge in [0.15, 0.2) is 9.84 Å². The third-order valence-electron chi connectivity index (χ3n) is 7.04. The summed E-state index contributed by atoms with van der Waals surface area (Å²) < 4.78 is 34.9. The number of carbonyl (C=O) groups excluding carboxylic acids is 1. The van der Waals surface area contributed by atoms with Gasteiger partial charge in [0.25, 0.3) is 5.19 Å². The minimum atomic E-state index is -2.93. The molecule has 2 heterocycles. The van der Waals surface area contributed by atoms with Crippen LogP contribution in [0.2, 0.25) is 0 Å². The molecule has 9 heteroatoms. The maximum Gasteiger partial charge on any atom is 0.309 e. The van der Waals surface area contributed by atoms with E-state index in [1.54, 1.807) is 0 Å². The van der Waals surface area contributed by atoms with E-state index in [0.717, 1.165) is 47.5 Å². The predicted molar refractivity (Wildman–Crippen MR) is 142 cm³/mol. The number of ether oxygens (including phenoxy) is 2. The normalized spacial score (nSPS) is 21.6.